The maximum atomic E-state index is 10.9. The molecule has 58 valence electrons. The van der Waals surface area contributed by atoms with Crippen molar-refractivity contribution in [1.82, 2.24) is 0 Å². The summed E-state index contributed by atoms with van der Waals surface area (Å²) in [7, 11) is 0. The minimum atomic E-state index is -0.635. The number of carbonyl (C=O) groups excluding carboxylic acids is 1. The summed E-state index contributed by atoms with van der Waals surface area (Å²) in [4.78, 5) is 10.9. The summed E-state index contributed by atoms with van der Waals surface area (Å²) in [6, 6.07) is 0. The fourth-order valence-electron chi connectivity index (χ4n) is 0.546. The van der Waals surface area contributed by atoms with Gasteiger partial charge in [0.2, 0.25) is 0 Å². The Morgan fingerprint density at radius 1 is 1.90 bits per heavy atom. The van der Waals surface area contributed by atoms with Crippen molar-refractivity contribution in [2.24, 2.45) is 0 Å². The zero-order valence-electron chi connectivity index (χ0n) is 5.93. The summed E-state index contributed by atoms with van der Waals surface area (Å²) in [5.74, 6) is -0.0958. The highest BCUT2D eigenvalue weighted by atomic mass is 79.9. The zero-order chi connectivity index (χ0) is 8.20. The van der Waals surface area contributed by atoms with Crippen molar-refractivity contribution in [3.8, 4) is 0 Å². The molecule has 0 heterocycles. The number of aliphatic hydroxyl groups excluding tert-OH is 1. The number of allylic oxidation sites excluding steroid dienone is 1. The van der Waals surface area contributed by atoms with Crippen LogP contribution in [-0.2, 0) is 4.79 Å². The van der Waals surface area contributed by atoms with E-state index in [1.54, 1.807) is 6.92 Å². The summed E-state index contributed by atoms with van der Waals surface area (Å²) in [6.07, 6.45) is 1.67. The van der Waals surface area contributed by atoms with Crippen LogP contribution >= 0.6 is 15.9 Å². The Hall–Kier alpha value is -0.150. The van der Waals surface area contributed by atoms with Gasteiger partial charge < -0.3 is 5.11 Å². The standard InChI is InChI=1S/C7H11BrO2/c1-3-6(10)7(2,8)4-5-9/h3,9H,1,4-5H2,2H3. The van der Waals surface area contributed by atoms with E-state index in [0.717, 1.165) is 0 Å². The lowest BCUT2D eigenvalue weighted by Crippen LogP contribution is -2.27. The van der Waals surface area contributed by atoms with Gasteiger partial charge in [-0.3, -0.25) is 4.79 Å². The van der Waals surface area contributed by atoms with Gasteiger partial charge in [0.15, 0.2) is 5.78 Å². The van der Waals surface area contributed by atoms with Crippen molar-refractivity contribution in [2.45, 2.75) is 17.7 Å². The molecule has 1 N–H and O–H groups in total. The SMILES string of the molecule is C=CC(=O)C(C)(Br)CCO. The molecule has 0 aliphatic rings. The van der Waals surface area contributed by atoms with Crippen molar-refractivity contribution < 1.29 is 9.90 Å². The third-order valence-electron chi connectivity index (χ3n) is 1.28. The number of hydrogen-bond donors (Lipinski definition) is 1. The average molecular weight is 207 g/mol. The van der Waals surface area contributed by atoms with E-state index < -0.39 is 4.32 Å². The minimum Gasteiger partial charge on any atom is -0.396 e. The molecule has 0 rings (SSSR count). The topological polar surface area (TPSA) is 37.3 Å². The summed E-state index contributed by atoms with van der Waals surface area (Å²) in [5, 5.41) is 8.53. The Balaban J connectivity index is 4.08. The van der Waals surface area contributed by atoms with Gasteiger partial charge in [-0.15, -0.1) is 0 Å². The molecule has 10 heavy (non-hydrogen) atoms. The lowest BCUT2D eigenvalue weighted by molar-refractivity contribution is -0.116. The van der Waals surface area contributed by atoms with Gasteiger partial charge >= 0.3 is 0 Å². The van der Waals surface area contributed by atoms with E-state index in [9.17, 15) is 4.79 Å². The molecule has 0 amide bonds. The molecular weight excluding hydrogens is 196 g/mol. The van der Waals surface area contributed by atoms with Gasteiger partial charge in [0.25, 0.3) is 0 Å². The van der Waals surface area contributed by atoms with E-state index in [1.165, 1.54) is 6.08 Å². The number of hydrogen-bond acceptors (Lipinski definition) is 2. The van der Waals surface area contributed by atoms with Crippen molar-refractivity contribution in [2.75, 3.05) is 6.61 Å². The molecule has 0 saturated heterocycles. The van der Waals surface area contributed by atoms with Crippen molar-refractivity contribution >= 4 is 21.7 Å². The Morgan fingerprint density at radius 2 is 2.40 bits per heavy atom. The molecule has 0 bridgehead atoms. The maximum Gasteiger partial charge on any atom is 0.171 e. The predicted octanol–water partition coefficient (Wildman–Crippen LogP) is 1.28. The normalized spacial score (nSPS) is 15.9. The Bertz CT molecular complexity index is 141. The van der Waals surface area contributed by atoms with Crippen LogP contribution in [0.5, 0.6) is 0 Å². The van der Waals surface area contributed by atoms with Gasteiger partial charge in [0.05, 0.1) is 4.32 Å². The van der Waals surface area contributed by atoms with Crippen molar-refractivity contribution in [3.63, 3.8) is 0 Å². The van der Waals surface area contributed by atoms with Crippen LogP contribution in [0, 0.1) is 0 Å². The van der Waals surface area contributed by atoms with E-state index in [-0.39, 0.29) is 12.4 Å². The third kappa shape index (κ3) is 2.62. The molecule has 0 aliphatic heterocycles. The van der Waals surface area contributed by atoms with E-state index >= 15 is 0 Å². The Kier molecular flexibility index (Phi) is 3.83. The number of halogens is 1. The predicted molar refractivity (Wildman–Crippen MR) is 44.2 cm³/mol. The van der Waals surface area contributed by atoms with Crippen LogP contribution in [0.4, 0.5) is 0 Å². The summed E-state index contributed by atoms with van der Waals surface area (Å²) in [6.45, 7) is 5.06. The molecule has 0 aliphatic carbocycles. The number of aliphatic hydroxyl groups is 1. The molecule has 0 aromatic rings. The molecule has 0 saturated carbocycles. The number of rotatable bonds is 4. The highest BCUT2D eigenvalue weighted by Gasteiger charge is 2.26. The largest absolute Gasteiger partial charge is 0.396 e. The summed E-state index contributed by atoms with van der Waals surface area (Å²) in [5.41, 5.74) is 0. The molecule has 1 atom stereocenters. The summed E-state index contributed by atoms with van der Waals surface area (Å²) >= 11 is 3.19. The molecule has 0 aromatic carbocycles. The molecule has 0 radical (unpaired) electrons. The summed E-state index contributed by atoms with van der Waals surface area (Å²) < 4.78 is -0.635. The van der Waals surface area contributed by atoms with Crippen LogP contribution in [0.3, 0.4) is 0 Å². The van der Waals surface area contributed by atoms with Crippen LogP contribution in [0.25, 0.3) is 0 Å². The van der Waals surface area contributed by atoms with Gasteiger partial charge in [-0.05, 0) is 19.4 Å². The first-order valence-electron chi connectivity index (χ1n) is 3.01. The number of ketones is 1. The lowest BCUT2D eigenvalue weighted by atomic mass is 10.0. The molecule has 1 unspecified atom stereocenters. The second-order valence-electron chi connectivity index (χ2n) is 2.24. The van der Waals surface area contributed by atoms with E-state index in [4.69, 9.17) is 5.11 Å². The molecule has 3 heteroatoms. The van der Waals surface area contributed by atoms with E-state index in [0.29, 0.717) is 6.42 Å². The third-order valence-corrected chi connectivity index (χ3v) is 2.07. The van der Waals surface area contributed by atoms with Gasteiger partial charge in [0.1, 0.15) is 0 Å². The highest BCUT2D eigenvalue weighted by Crippen LogP contribution is 2.22. The molecule has 0 aromatic heterocycles. The fourth-order valence-corrected chi connectivity index (χ4v) is 0.885. The van der Waals surface area contributed by atoms with Crippen LogP contribution in [-0.4, -0.2) is 21.8 Å². The Labute approximate surface area is 69.1 Å². The second kappa shape index (κ2) is 3.88. The molecule has 0 fully saturated rings. The van der Waals surface area contributed by atoms with Crippen LogP contribution in [0.1, 0.15) is 13.3 Å². The van der Waals surface area contributed by atoms with Gasteiger partial charge in [-0.1, -0.05) is 22.5 Å². The number of carbonyl (C=O) groups is 1. The monoisotopic (exact) mass is 206 g/mol. The van der Waals surface area contributed by atoms with Crippen LogP contribution < -0.4 is 0 Å². The van der Waals surface area contributed by atoms with Gasteiger partial charge in [0, 0.05) is 6.61 Å². The number of alkyl halides is 1. The fraction of sp³-hybridized carbons (Fsp3) is 0.571. The first kappa shape index (κ1) is 9.85. The minimum absolute atomic E-state index is 0.00132. The quantitative estimate of drug-likeness (QED) is 0.556. The van der Waals surface area contributed by atoms with E-state index in [2.05, 4.69) is 22.5 Å². The first-order chi connectivity index (χ1) is 4.54. The maximum absolute atomic E-state index is 10.9. The van der Waals surface area contributed by atoms with E-state index in [1.807, 2.05) is 0 Å². The van der Waals surface area contributed by atoms with Crippen molar-refractivity contribution in [3.05, 3.63) is 12.7 Å². The van der Waals surface area contributed by atoms with Gasteiger partial charge in [-0.2, -0.15) is 0 Å². The lowest BCUT2D eigenvalue weighted by Gasteiger charge is -2.16. The Morgan fingerprint density at radius 3 is 2.70 bits per heavy atom. The average Bonchev–Trinajstić information content (AvgIpc) is 1.86. The van der Waals surface area contributed by atoms with Crippen molar-refractivity contribution in [1.29, 1.82) is 0 Å². The van der Waals surface area contributed by atoms with Gasteiger partial charge in [-0.25, -0.2) is 0 Å². The first-order valence-corrected chi connectivity index (χ1v) is 3.80. The smallest absolute Gasteiger partial charge is 0.171 e. The second-order valence-corrected chi connectivity index (χ2v) is 3.99. The van der Waals surface area contributed by atoms with Crippen LogP contribution in [0.15, 0.2) is 12.7 Å². The molecule has 2 nitrogen and oxygen atoms in total. The molecule has 0 spiro atoms. The van der Waals surface area contributed by atoms with Crippen LogP contribution in [0.2, 0.25) is 0 Å². The molecular formula is C7H11BrO2. The highest BCUT2D eigenvalue weighted by molar-refractivity contribution is 9.10. The zero-order valence-corrected chi connectivity index (χ0v) is 7.52.